The van der Waals surface area contributed by atoms with Gasteiger partial charge in [-0.25, -0.2) is 0 Å². The lowest BCUT2D eigenvalue weighted by Crippen LogP contribution is -2.01. The Morgan fingerprint density at radius 1 is 1.15 bits per heavy atom. The number of hydrogen-bond donors (Lipinski definition) is 1. The van der Waals surface area contributed by atoms with Crippen LogP contribution in [-0.2, 0) is 6.54 Å². The SMILES string of the molecule is Cc1cc([N+](=O)[O-])ccc1NCc1ccc(Br)c(Br)c1. The van der Waals surface area contributed by atoms with Crippen LogP contribution in [0.25, 0.3) is 0 Å². The second-order valence-corrected chi connectivity index (χ2v) is 6.07. The fourth-order valence-electron chi connectivity index (χ4n) is 1.81. The minimum Gasteiger partial charge on any atom is -0.381 e. The molecule has 0 fully saturated rings. The minimum atomic E-state index is -0.386. The van der Waals surface area contributed by atoms with E-state index in [1.54, 1.807) is 12.1 Å². The smallest absolute Gasteiger partial charge is 0.269 e. The van der Waals surface area contributed by atoms with Crippen molar-refractivity contribution < 1.29 is 4.92 Å². The number of benzene rings is 2. The molecule has 0 radical (unpaired) electrons. The van der Waals surface area contributed by atoms with Crippen LogP contribution in [0.2, 0.25) is 0 Å². The fraction of sp³-hybridized carbons (Fsp3) is 0.143. The summed E-state index contributed by atoms with van der Waals surface area (Å²) < 4.78 is 2.00. The molecule has 0 heterocycles. The van der Waals surface area contributed by atoms with Gasteiger partial charge in [-0.15, -0.1) is 0 Å². The quantitative estimate of drug-likeness (QED) is 0.578. The third kappa shape index (κ3) is 3.58. The zero-order valence-electron chi connectivity index (χ0n) is 10.7. The molecule has 0 bridgehead atoms. The number of halogens is 2. The van der Waals surface area contributed by atoms with Crippen molar-refractivity contribution in [3.8, 4) is 0 Å². The van der Waals surface area contributed by atoms with E-state index in [1.807, 2.05) is 25.1 Å². The molecule has 4 nitrogen and oxygen atoms in total. The summed E-state index contributed by atoms with van der Waals surface area (Å²) in [5.74, 6) is 0. The van der Waals surface area contributed by atoms with E-state index in [4.69, 9.17) is 0 Å². The molecule has 0 aliphatic rings. The molecule has 0 aromatic heterocycles. The first-order valence-electron chi connectivity index (χ1n) is 5.90. The first-order chi connectivity index (χ1) is 9.47. The fourth-order valence-corrected chi connectivity index (χ4v) is 2.48. The first kappa shape index (κ1) is 15.0. The Bertz CT molecular complexity index is 660. The van der Waals surface area contributed by atoms with Gasteiger partial charge in [-0.1, -0.05) is 6.07 Å². The third-order valence-electron chi connectivity index (χ3n) is 2.89. The van der Waals surface area contributed by atoms with Gasteiger partial charge in [0.25, 0.3) is 5.69 Å². The van der Waals surface area contributed by atoms with Gasteiger partial charge in [-0.05, 0) is 68.1 Å². The van der Waals surface area contributed by atoms with Crippen LogP contribution < -0.4 is 5.32 Å². The van der Waals surface area contributed by atoms with Crippen LogP contribution in [0.1, 0.15) is 11.1 Å². The lowest BCUT2D eigenvalue weighted by Gasteiger charge is -2.10. The Morgan fingerprint density at radius 2 is 1.90 bits per heavy atom. The van der Waals surface area contributed by atoms with Gasteiger partial charge in [-0.2, -0.15) is 0 Å². The monoisotopic (exact) mass is 398 g/mol. The number of nitrogens with one attached hydrogen (secondary N) is 1. The minimum absolute atomic E-state index is 0.111. The number of nitro groups is 1. The molecule has 20 heavy (non-hydrogen) atoms. The summed E-state index contributed by atoms with van der Waals surface area (Å²) in [4.78, 5) is 10.3. The van der Waals surface area contributed by atoms with Gasteiger partial charge in [0.15, 0.2) is 0 Å². The van der Waals surface area contributed by atoms with Crippen LogP contribution in [0.4, 0.5) is 11.4 Å². The number of nitro benzene ring substituents is 1. The summed E-state index contributed by atoms with van der Waals surface area (Å²) in [7, 11) is 0. The molecule has 0 saturated heterocycles. The normalized spacial score (nSPS) is 10.3. The lowest BCUT2D eigenvalue weighted by molar-refractivity contribution is -0.384. The zero-order valence-corrected chi connectivity index (χ0v) is 13.9. The number of non-ortho nitro benzene ring substituents is 1. The highest BCUT2D eigenvalue weighted by molar-refractivity contribution is 9.13. The molecule has 0 amide bonds. The van der Waals surface area contributed by atoms with Crippen LogP contribution in [0.15, 0.2) is 45.3 Å². The molecule has 104 valence electrons. The molecule has 0 atom stereocenters. The number of hydrogen-bond acceptors (Lipinski definition) is 3. The number of nitrogens with zero attached hydrogens (tertiary/aromatic N) is 1. The molecule has 1 N–H and O–H groups in total. The van der Waals surface area contributed by atoms with Crippen LogP contribution in [0.3, 0.4) is 0 Å². The van der Waals surface area contributed by atoms with Crippen molar-refractivity contribution in [3.05, 3.63) is 66.6 Å². The van der Waals surface area contributed by atoms with E-state index >= 15 is 0 Å². The van der Waals surface area contributed by atoms with Crippen LogP contribution in [0, 0.1) is 17.0 Å². The van der Waals surface area contributed by atoms with Crippen molar-refractivity contribution in [2.24, 2.45) is 0 Å². The highest BCUT2D eigenvalue weighted by Gasteiger charge is 2.08. The average Bonchev–Trinajstić information content (AvgIpc) is 2.41. The summed E-state index contributed by atoms with van der Waals surface area (Å²) in [5.41, 5.74) is 2.99. The van der Waals surface area contributed by atoms with Gasteiger partial charge >= 0.3 is 0 Å². The van der Waals surface area contributed by atoms with E-state index in [2.05, 4.69) is 37.2 Å². The van der Waals surface area contributed by atoms with Crippen LogP contribution in [0.5, 0.6) is 0 Å². The van der Waals surface area contributed by atoms with E-state index < -0.39 is 0 Å². The highest BCUT2D eigenvalue weighted by Crippen LogP contribution is 2.25. The van der Waals surface area contributed by atoms with Crippen molar-refractivity contribution in [2.45, 2.75) is 13.5 Å². The standard InChI is InChI=1S/C14H12Br2N2O2/c1-9-6-11(18(19)20)3-5-14(9)17-8-10-2-4-12(15)13(16)7-10/h2-7,17H,8H2,1H3. The molecule has 2 aromatic rings. The van der Waals surface area contributed by atoms with Gasteiger partial charge in [-0.3, -0.25) is 10.1 Å². The van der Waals surface area contributed by atoms with Crippen molar-refractivity contribution >= 4 is 43.2 Å². The van der Waals surface area contributed by atoms with Gasteiger partial charge < -0.3 is 5.32 Å². The second-order valence-electron chi connectivity index (χ2n) is 4.36. The summed E-state index contributed by atoms with van der Waals surface area (Å²) in [6, 6.07) is 10.8. The van der Waals surface area contributed by atoms with Gasteiger partial charge in [0.2, 0.25) is 0 Å². The summed E-state index contributed by atoms with van der Waals surface area (Å²) in [6.45, 7) is 2.51. The Labute approximate surface area is 133 Å². The predicted molar refractivity (Wildman–Crippen MR) is 87.0 cm³/mol. The van der Waals surface area contributed by atoms with E-state index in [1.165, 1.54) is 6.07 Å². The maximum Gasteiger partial charge on any atom is 0.269 e. The van der Waals surface area contributed by atoms with Crippen molar-refractivity contribution in [2.75, 3.05) is 5.32 Å². The topological polar surface area (TPSA) is 55.2 Å². The van der Waals surface area contributed by atoms with E-state index in [0.717, 1.165) is 25.8 Å². The van der Waals surface area contributed by atoms with Crippen LogP contribution in [-0.4, -0.2) is 4.92 Å². The predicted octanol–water partition coefficient (Wildman–Crippen LogP) is 5.04. The lowest BCUT2D eigenvalue weighted by atomic mass is 10.1. The molecule has 6 heteroatoms. The molecule has 0 aliphatic heterocycles. The van der Waals surface area contributed by atoms with Gasteiger partial charge in [0, 0.05) is 33.3 Å². The van der Waals surface area contributed by atoms with Crippen molar-refractivity contribution in [3.63, 3.8) is 0 Å². The van der Waals surface area contributed by atoms with Gasteiger partial charge in [0.05, 0.1) is 4.92 Å². The van der Waals surface area contributed by atoms with Crippen LogP contribution >= 0.6 is 31.9 Å². The average molecular weight is 400 g/mol. The largest absolute Gasteiger partial charge is 0.381 e. The summed E-state index contributed by atoms with van der Waals surface area (Å²) in [6.07, 6.45) is 0. The van der Waals surface area contributed by atoms with E-state index in [-0.39, 0.29) is 10.6 Å². The Kier molecular flexibility index (Phi) is 4.77. The summed E-state index contributed by atoms with van der Waals surface area (Å²) in [5, 5.41) is 14.0. The molecule has 2 aromatic carbocycles. The Hall–Kier alpha value is -1.40. The van der Waals surface area contributed by atoms with E-state index in [9.17, 15) is 10.1 Å². The maximum absolute atomic E-state index is 10.7. The van der Waals surface area contributed by atoms with Crippen molar-refractivity contribution in [1.82, 2.24) is 0 Å². The third-order valence-corrected chi connectivity index (χ3v) is 4.77. The number of rotatable bonds is 4. The zero-order chi connectivity index (χ0) is 14.7. The molecular weight excluding hydrogens is 388 g/mol. The van der Waals surface area contributed by atoms with E-state index in [0.29, 0.717) is 6.54 Å². The first-order valence-corrected chi connectivity index (χ1v) is 7.49. The number of anilines is 1. The Balaban J connectivity index is 2.10. The molecule has 0 aliphatic carbocycles. The molecular formula is C14H12Br2N2O2. The Morgan fingerprint density at radius 3 is 2.50 bits per heavy atom. The molecule has 2 rings (SSSR count). The molecule has 0 saturated carbocycles. The maximum atomic E-state index is 10.7. The van der Waals surface area contributed by atoms with Gasteiger partial charge in [0.1, 0.15) is 0 Å². The number of aryl methyl sites for hydroxylation is 1. The highest BCUT2D eigenvalue weighted by atomic mass is 79.9. The molecule has 0 spiro atoms. The second kappa shape index (κ2) is 6.37. The molecule has 0 unspecified atom stereocenters. The van der Waals surface area contributed by atoms with Crippen molar-refractivity contribution in [1.29, 1.82) is 0 Å². The summed E-state index contributed by atoms with van der Waals surface area (Å²) >= 11 is 6.89.